The van der Waals surface area contributed by atoms with Crippen LogP contribution < -0.4 is 0 Å². The normalized spacial score (nSPS) is 18.4. The minimum atomic E-state index is -0.648. The molecule has 1 aliphatic heterocycles. The van der Waals surface area contributed by atoms with E-state index in [1.807, 2.05) is 44.2 Å². The van der Waals surface area contributed by atoms with E-state index in [4.69, 9.17) is 4.74 Å². The maximum Gasteiger partial charge on any atom is 0.295 e. The molecule has 0 radical (unpaired) electrons. The Bertz CT molecular complexity index is 916. The molecule has 1 aliphatic rings. The van der Waals surface area contributed by atoms with E-state index in [1.165, 1.54) is 5.56 Å². The van der Waals surface area contributed by atoms with Crippen LogP contribution in [0, 0.1) is 0 Å². The summed E-state index contributed by atoms with van der Waals surface area (Å²) >= 11 is 0. The number of likely N-dealkylation sites (tertiary alicyclic amines) is 1. The Balaban J connectivity index is 2.01. The van der Waals surface area contributed by atoms with Gasteiger partial charge < -0.3 is 14.7 Å². The van der Waals surface area contributed by atoms with Crippen LogP contribution in [0.1, 0.15) is 49.9 Å². The Morgan fingerprint density at radius 1 is 1.07 bits per heavy atom. The molecule has 2 aromatic rings. The first-order chi connectivity index (χ1) is 14.4. The number of ether oxygens (including phenoxy) is 1. The number of amides is 1. The molecule has 0 aromatic heterocycles. The van der Waals surface area contributed by atoms with Gasteiger partial charge in [0.25, 0.3) is 11.7 Å². The summed E-state index contributed by atoms with van der Waals surface area (Å²) in [6.45, 7) is 6.87. The van der Waals surface area contributed by atoms with Gasteiger partial charge in [0, 0.05) is 18.7 Å². The van der Waals surface area contributed by atoms with Gasteiger partial charge in [0.15, 0.2) is 0 Å². The zero-order valence-corrected chi connectivity index (χ0v) is 17.8. The highest BCUT2D eigenvalue weighted by Gasteiger charge is 2.45. The van der Waals surface area contributed by atoms with Crippen molar-refractivity contribution in [1.29, 1.82) is 0 Å². The molecule has 0 unspecified atom stereocenters. The fraction of sp³-hybridized carbons (Fsp3) is 0.360. The van der Waals surface area contributed by atoms with Crippen LogP contribution in [0.2, 0.25) is 0 Å². The van der Waals surface area contributed by atoms with E-state index < -0.39 is 17.7 Å². The van der Waals surface area contributed by atoms with Gasteiger partial charge in [-0.15, -0.1) is 0 Å². The van der Waals surface area contributed by atoms with Crippen LogP contribution in [0.3, 0.4) is 0 Å². The predicted molar refractivity (Wildman–Crippen MR) is 117 cm³/mol. The van der Waals surface area contributed by atoms with Crippen molar-refractivity contribution in [3.63, 3.8) is 0 Å². The molecule has 1 heterocycles. The zero-order chi connectivity index (χ0) is 21.7. The summed E-state index contributed by atoms with van der Waals surface area (Å²) in [5.41, 5.74) is 2.65. The fourth-order valence-corrected chi connectivity index (χ4v) is 3.70. The van der Waals surface area contributed by atoms with E-state index >= 15 is 0 Å². The number of aliphatic hydroxyl groups is 1. The lowest BCUT2D eigenvalue weighted by molar-refractivity contribution is -0.140. The SMILES string of the molecule is CCc1ccc([C@@H]2C(=C(O)c3ccccc3)C(=O)C(=O)N2CCCOC(C)C)cc1. The average Bonchev–Trinajstić information content (AvgIpc) is 3.01. The van der Waals surface area contributed by atoms with E-state index in [-0.39, 0.29) is 17.4 Å². The topological polar surface area (TPSA) is 66.8 Å². The number of carbonyl (C=O) groups is 2. The molecular formula is C25H29NO4. The molecule has 0 aliphatic carbocycles. The van der Waals surface area contributed by atoms with Gasteiger partial charge in [0.1, 0.15) is 5.76 Å². The first-order valence-electron chi connectivity index (χ1n) is 10.5. The summed E-state index contributed by atoms with van der Waals surface area (Å²) in [6, 6.07) is 16.1. The second kappa shape index (κ2) is 9.72. The van der Waals surface area contributed by atoms with Crippen molar-refractivity contribution < 1.29 is 19.4 Å². The maximum atomic E-state index is 12.9. The van der Waals surface area contributed by atoms with Crippen LogP contribution in [0.5, 0.6) is 0 Å². The molecule has 5 heteroatoms. The van der Waals surface area contributed by atoms with E-state index in [1.54, 1.807) is 29.2 Å². The Morgan fingerprint density at radius 2 is 1.73 bits per heavy atom. The molecule has 0 spiro atoms. The van der Waals surface area contributed by atoms with Gasteiger partial charge in [-0.25, -0.2) is 0 Å². The van der Waals surface area contributed by atoms with Crippen molar-refractivity contribution in [2.45, 2.75) is 45.8 Å². The second-order valence-electron chi connectivity index (χ2n) is 7.73. The Hall–Kier alpha value is -2.92. The van der Waals surface area contributed by atoms with Crippen molar-refractivity contribution in [2.24, 2.45) is 0 Å². The molecular weight excluding hydrogens is 378 g/mol. The number of hydrogen-bond acceptors (Lipinski definition) is 4. The summed E-state index contributed by atoms with van der Waals surface area (Å²) in [4.78, 5) is 27.4. The average molecular weight is 408 g/mol. The molecule has 1 amide bonds. The first kappa shape index (κ1) is 21.8. The van der Waals surface area contributed by atoms with Crippen molar-refractivity contribution in [2.75, 3.05) is 13.2 Å². The van der Waals surface area contributed by atoms with Gasteiger partial charge in [0.2, 0.25) is 0 Å². The molecule has 5 nitrogen and oxygen atoms in total. The molecule has 158 valence electrons. The smallest absolute Gasteiger partial charge is 0.295 e. The summed E-state index contributed by atoms with van der Waals surface area (Å²) in [5.74, 6) is -1.37. The molecule has 2 aromatic carbocycles. The lowest BCUT2D eigenvalue weighted by Gasteiger charge is -2.25. The third-order valence-corrected chi connectivity index (χ3v) is 5.29. The number of aliphatic hydroxyl groups excluding tert-OH is 1. The minimum Gasteiger partial charge on any atom is -0.507 e. The maximum absolute atomic E-state index is 12.9. The molecule has 1 saturated heterocycles. The summed E-state index contributed by atoms with van der Waals surface area (Å²) in [7, 11) is 0. The third kappa shape index (κ3) is 4.62. The van der Waals surface area contributed by atoms with Crippen LogP contribution in [-0.2, 0) is 20.7 Å². The molecule has 30 heavy (non-hydrogen) atoms. The van der Waals surface area contributed by atoms with Gasteiger partial charge in [-0.3, -0.25) is 9.59 Å². The quantitative estimate of drug-likeness (QED) is 0.303. The Kier molecular flexibility index (Phi) is 7.06. The molecule has 1 atom stereocenters. The van der Waals surface area contributed by atoms with Gasteiger partial charge >= 0.3 is 0 Å². The number of benzene rings is 2. The van der Waals surface area contributed by atoms with Crippen LogP contribution >= 0.6 is 0 Å². The lowest BCUT2D eigenvalue weighted by Crippen LogP contribution is -2.31. The van der Waals surface area contributed by atoms with Crippen molar-refractivity contribution in [3.8, 4) is 0 Å². The van der Waals surface area contributed by atoms with Crippen molar-refractivity contribution in [1.82, 2.24) is 4.90 Å². The fourth-order valence-electron chi connectivity index (χ4n) is 3.70. The number of Topliss-reactive ketones (excluding diaryl/α,β-unsaturated/α-hetero) is 1. The monoisotopic (exact) mass is 407 g/mol. The number of ketones is 1. The van der Waals surface area contributed by atoms with Gasteiger partial charge in [-0.1, -0.05) is 61.5 Å². The lowest BCUT2D eigenvalue weighted by atomic mass is 9.94. The van der Waals surface area contributed by atoms with E-state index in [0.717, 1.165) is 12.0 Å². The van der Waals surface area contributed by atoms with E-state index in [0.29, 0.717) is 25.1 Å². The number of rotatable bonds is 8. The largest absolute Gasteiger partial charge is 0.507 e. The van der Waals surface area contributed by atoms with Crippen LogP contribution in [-0.4, -0.2) is 41.0 Å². The highest BCUT2D eigenvalue weighted by Crippen LogP contribution is 2.39. The first-order valence-corrected chi connectivity index (χ1v) is 10.5. The predicted octanol–water partition coefficient (Wildman–Crippen LogP) is 4.49. The Labute approximate surface area is 178 Å². The van der Waals surface area contributed by atoms with Crippen molar-refractivity contribution in [3.05, 3.63) is 76.9 Å². The standard InChI is InChI=1S/C25H29NO4/c1-4-18-11-13-19(14-12-18)22-21(23(27)20-9-6-5-7-10-20)24(28)25(29)26(22)15-8-16-30-17(2)3/h5-7,9-14,17,22,27H,4,8,15-16H2,1-3H3/t22-/m1/s1. The highest BCUT2D eigenvalue weighted by atomic mass is 16.5. The number of nitrogens with zero attached hydrogens (tertiary/aromatic N) is 1. The molecule has 1 fully saturated rings. The van der Waals surface area contributed by atoms with Gasteiger partial charge in [-0.05, 0) is 37.8 Å². The number of aryl methyl sites for hydroxylation is 1. The zero-order valence-electron chi connectivity index (χ0n) is 17.8. The second-order valence-corrected chi connectivity index (χ2v) is 7.73. The Morgan fingerprint density at radius 3 is 2.33 bits per heavy atom. The highest BCUT2D eigenvalue weighted by molar-refractivity contribution is 6.46. The van der Waals surface area contributed by atoms with Gasteiger partial charge in [0.05, 0.1) is 17.7 Å². The van der Waals surface area contributed by atoms with Crippen LogP contribution in [0.15, 0.2) is 60.2 Å². The van der Waals surface area contributed by atoms with Crippen LogP contribution in [0.25, 0.3) is 5.76 Å². The minimum absolute atomic E-state index is 0.107. The number of carbonyl (C=O) groups excluding carboxylic acids is 2. The van der Waals surface area contributed by atoms with Gasteiger partial charge in [-0.2, -0.15) is 0 Å². The molecule has 0 saturated carbocycles. The molecule has 3 rings (SSSR count). The van der Waals surface area contributed by atoms with E-state index in [9.17, 15) is 14.7 Å². The molecule has 1 N–H and O–H groups in total. The van der Waals surface area contributed by atoms with Crippen LogP contribution in [0.4, 0.5) is 0 Å². The summed E-state index contributed by atoms with van der Waals surface area (Å²) in [6.07, 6.45) is 1.62. The number of hydrogen-bond donors (Lipinski definition) is 1. The summed E-state index contributed by atoms with van der Waals surface area (Å²) < 4.78 is 5.59. The summed E-state index contributed by atoms with van der Waals surface area (Å²) in [5, 5.41) is 11.0. The third-order valence-electron chi connectivity index (χ3n) is 5.29. The molecule has 0 bridgehead atoms. The van der Waals surface area contributed by atoms with E-state index in [2.05, 4.69) is 6.92 Å². The van der Waals surface area contributed by atoms with Crippen molar-refractivity contribution >= 4 is 17.4 Å².